The molecule has 1 saturated heterocycles. The fourth-order valence-electron chi connectivity index (χ4n) is 2.01. The molecule has 0 spiro atoms. The number of nitrogens with zero attached hydrogens (tertiary/aromatic N) is 3. The van der Waals surface area contributed by atoms with E-state index in [-0.39, 0.29) is 0 Å². The molecule has 0 radical (unpaired) electrons. The summed E-state index contributed by atoms with van der Waals surface area (Å²) in [4.78, 5) is 7.87. The highest BCUT2D eigenvalue weighted by atomic mass is 32.1. The van der Waals surface area contributed by atoms with Crippen molar-refractivity contribution in [3.05, 3.63) is 0 Å². The van der Waals surface area contributed by atoms with Gasteiger partial charge in [0.25, 0.3) is 0 Å². The first-order valence-corrected chi connectivity index (χ1v) is 6.78. The maximum Gasteiger partial charge on any atom is 0.0768 e. The topological polar surface area (TPSA) is 35.7 Å². The number of piperazine rings is 1. The zero-order valence-corrected chi connectivity index (χ0v) is 12.2. The van der Waals surface area contributed by atoms with Gasteiger partial charge in [0.2, 0.25) is 0 Å². The monoisotopic (exact) mass is 258 g/mol. The predicted molar refractivity (Wildman–Crippen MR) is 77.4 cm³/mol. The summed E-state index contributed by atoms with van der Waals surface area (Å²) >= 11 is 5.02. The minimum atomic E-state index is 0.332. The fraction of sp³-hybridized carbons (Fsp3) is 0.917. The zero-order valence-electron chi connectivity index (χ0n) is 11.4. The number of nitrogens with two attached hydrogens (primary N) is 1. The molecule has 0 aromatic rings. The van der Waals surface area contributed by atoms with Crippen molar-refractivity contribution in [2.45, 2.75) is 6.92 Å². The second kappa shape index (κ2) is 7.26. The van der Waals surface area contributed by atoms with Gasteiger partial charge in [0.15, 0.2) is 0 Å². The van der Waals surface area contributed by atoms with E-state index >= 15 is 0 Å². The van der Waals surface area contributed by atoms with Gasteiger partial charge in [-0.25, -0.2) is 0 Å². The minimum absolute atomic E-state index is 0.332. The molecule has 0 aromatic carbocycles. The van der Waals surface area contributed by atoms with E-state index in [2.05, 4.69) is 35.7 Å². The Hall–Kier alpha value is -0.230. The van der Waals surface area contributed by atoms with Crippen LogP contribution < -0.4 is 5.73 Å². The smallest absolute Gasteiger partial charge is 0.0768 e. The van der Waals surface area contributed by atoms with Crippen molar-refractivity contribution in [2.75, 3.05) is 59.9 Å². The lowest BCUT2D eigenvalue weighted by molar-refractivity contribution is 0.121. The Balaban J connectivity index is 2.19. The Kier molecular flexibility index (Phi) is 6.33. The van der Waals surface area contributed by atoms with E-state index in [0.717, 1.165) is 39.3 Å². The third-order valence-corrected chi connectivity index (χ3v) is 3.75. The fourth-order valence-corrected chi connectivity index (χ4v) is 2.09. The van der Waals surface area contributed by atoms with Crippen LogP contribution in [0.1, 0.15) is 6.92 Å². The van der Waals surface area contributed by atoms with Crippen molar-refractivity contribution in [1.29, 1.82) is 0 Å². The van der Waals surface area contributed by atoms with Crippen LogP contribution >= 0.6 is 12.2 Å². The molecule has 0 aliphatic carbocycles. The van der Waals surface area contributed by atoms with E-state index < -0.39 is 0 Å². The van der Waals surface area contributed by atoms with Gasteiger partial charge < -0.3 is 15.5 Å². The van der Waals surface area contributed by atoms with Crippen LogP contribution in [0.2, 0.25) is 0 Å². The van der Waals surface area contributed by atoms with Crippen LogP contribution in [0.15, 0.2) is 0 Å². The molecule has 5 heteroatoms. The van der Waals surface area contributed by atoms with Gasteiger partial charge in [-0.2, -0.15) is 0 Å². The molecule has 0 amide bonds. The Labute approximate surface area is 111 Å². The third kappa shape index (κ3) is 5.77. The minimum Gasteiger partial charge on any atom is -0.393 e. The summed E-state index contributed by atoms with van der Waals surface area (Å²) in [5.74, 6) is 0.332. The van der Waals surface area contributed by atoms with Crippen LogP contribution in [-0.2, 0) is 0 Å². The highest BCUT2D eigenvalue weighted by molar-refractivity contribution is 7.80. The van der Waals surface area contributed by atoms with Crippen molar-refractivity contribution in [2.24, 2.45) is 11.7 Å². The molecule has 17 heavy (non-hydrogen) atoms. The van der Waals surface area contributed by atoms with Crippen molar-refractivity contribution in [1.82, 2.24) is 14.7 Å². The third-order valence-electron chi connectivity index (χ3n) is 3.35. The van der Waals surface area contributed by atoms with E-state index in [1.54, 1.807) is 0 Å². The van der Waals surface area contributed by atoms with Crippen LogP contribution in [0.3, 0.4) is 0 Å². The first-order valence-electron chi connectivity index (χ1n) is 6.38. The SMILES string of the molecule is CC(CN1CCN(CCN(C)C)CC1)C(N)=S. The van der Waals surface area contributed by atoms with Crippen LogP contribution in [0.5, 0.6) is 0 Å². The lowest BCUT2D eigenvalue weighted by Crippen LogP contribution is -2.49. The van der Waals surface area contributed by atoms with E-state index in [1.165, 1.54) is 6.54 Å². The van der Waals surface area contributed by atoms with Crippen LogP contribution in [-0.4, -0.2) is 79.6 Å². The summed E-state index contributed by atoms with van der Waals surface area (Å²) in [5, 5.41) is 0. The molecular weight excluding hydrogens is 232 g/mol. The van der Waals surface area contributed by atoms with E-state index in [0.29, 0.717) is 10.9 Å². The average molecular weight is 258 g/mol. The first kappa shape index (κ1) is 14.8. The van der Waals surface area contributed by atoms with Gasteiger partial charge in [0, 0.05) is 51.7 Å². The zero-order chi connectivity index (χ0) is 12.8. The van der Waals surface area contributed by atoms with Gasteiger partial charge in [0.1, 0.15) is 0 Å². The second-order valence-corrected chi connectivity index (χ2v) is 5.72. The lowest BCUT2D eigenvalue weighted by atomic mass is 10.1. The normalized spacial score (nSPS) is 20.7. The summed E-state index contributed by atoms with van der Waals surface area (Å²) in [7, 11) is 4.25. The number of rotatable bonds is 6. The molecule has 1 aliphatic heterocycles. The van der Waals surface area contributed by atoms with Gasteiger partial charge in [-0.3, -0.25) is 4.90 Å². The molecule has 1 atom stereocenters. The molecule has 1 aliphatic rings. The molecule has 4 nitrogen and oxygen atoms in total. The molecular formula is C12H26N4S. The molecule has 2 N–H and O–H groups in total. The highest BCUT2D eigenvalue weighted by Crippen LogP contribution is 2.05. The molecule has 1 rings (SSSR count). The lowest BCUT2D eigenvalue weighted by Gasteiger charge is -2.36. The Morgan fingerprint density at radius 1 is 1.24 bits per heavy atom. The first-order chi connectivity index (χ1) is 7.99. The van der Waals surface area contributed by atoms with Crippen molar-refractivity contribution < 1.29 is 0 Å². The number of hydrogen-bond acceptors (Lipinski definition) is 4. The van der Waals surface area contributed by atoms with Crippen molar-refractivity contribution in [3.8, 4) is 0 Å². The molecule has 100 valence electrons. The van der Waals surface area contributed by atoms with Crippen molar-refractivity contribution in [3.63, 3.8) is 0 Å². The molecule has 1 heterocycles. The van der Waals surface area contributed by atoms with E-state index in [1.807, 2.05) is 0 Å². The molecule has 0 aromatic heterocycles. The summed E-state index contributed by atoms with van der Waals surface area (Å²) < 4.78 is 0. The molecule has 0 bridgehead atoms. The number of likely N-dealkylation sites (N-methyl/N-ethyl adjacent to an activating group) is 1. The van der Waals surface area contributed by atoms with Gasteiger partial charge in [0.05, 0.1) is 4.99 Å². The van der Waals surface area contributed by atoms with E-state index in [9.17, 15) is 0 Å². The van der Waals surface area contributed by atoms with Gasteiger partial charge >= 0.3 is 0 Å². The Morgan fingerprint density at radius 3 is 2.24 bits per heavy atom. The standard InChI is InChI=1S/C12H26N4S/c1-11(12(13)17)10-16-8-6-15(7-9-16)5-4-14(2)3/h11H,4-10H2,1-3H3,(H2,13,17). The molecule has 0 saturated carbocycles. The van der Waals surface area contributed by atoms with Gasteiger partial charge in [-0.05, 0) is 14.1 Å². The highest BCUT2D eigenvalue weighted by Gasteiger charge is 2.18. The van der Waals surface area contributed by atoms with Gasteiger partial charge in [-0.15, -0.1) is 0 Å². The second-order valence-electron chi connectivity index (χ2n) is 5.25. The molecule has 1 unspecified atom stereocenters. The van der Waals surface area contributed by atoms with Crippen LogP contribution in [0.4, 0.5) is 0 Å². The molecule has 1 fully saturated rings. The van der Waals surface area contributed by atoms with E-state index in [4.69, 9.17) is 18.0 Å². The Morgan fingerprint density at radius 2 is 1.76 bits per heavy atom. The summed E-state index contributed by atoms with van der Waals surface area (Å²) in [5.41, 5.74) is 5.65. The maximum absolute atomic E-state index is 5.65. The Bertz CT molecular complexity index is 237. The number of hydrogen-bond donors (Lipinski definition) is 1. The number of thiocarbonyl (C=S) groups is 1. The summed E-state index contributed by atoms with van der Waals surface area (Å²) in [6.07, 6.45) is 0. The quantitative estimate of drug-likeness (QED) is 0.683. The van der Waals surface area contributed by atoms with Crippen LogP contribution in [0, 0.1) is 5.92 Å². The summed E-state index contributed by atoms with van der Waals surface area (Å²) in [6.45, 7) is 10.0. The van der Waals surface area contributed by atoms with Gasteiger partial charge in [-0.1, -0.05) is 19.1 Å². The largest absolute Gasteiger partial charge is 0.393 e. The van der Waals surface area contributed by atoms with Crippen molar-refractivity contribution >= 4 is 17.2 Å². The van der Waals surface area contributed by atoms with Crippen LogP contribution in [0.25, 0.3) is 0 Å². The predicted octanol–water partition coefficient (Wildman–Crippen LogP) is 0.0878. The maximum atomic E-state index is 5.65. The summed E-state index contributed by atoms with van der Waals surface area (Å²) in [6, 6.07) is 0. The average Bonchev–Trinajstić information content (AvgIpc) is 2.28.